The SMILES string of the molecule is CCOC1CCN(C(N)=NN)CC1. The number of nitrogens with two attached hydrogens (primary N) is 2. The van der Waals surface area contributed by atoms with Gasteiger partial charge in [-0.3, -0.25) is 0 Å². The summed E-state index contributed by atoms with van der Waals surface area (Å²) in [6, 6.07) is 0. The van der Waals surface area contributed by atoms with E-state index in [1.807, 2.05) is 11.8 Å². The molecule has 5 heteroatoms. The Hall–Kier alpha value is -0.970. The lowest BCUT2D eigenvalue weighted by Gasteiger charge is -2.31. The molecule has 1 saturated heterocycles. The monoisotopic (exact) mass is 186 g/mol. The molecule has 0 amide bonds. The molecule has 1 heterocycles. The second kappa shape index (κ2) is 4.91. The van der Waals surface area contributed by atoms with E-state index in [4.69, 9.17) is 16.3 Å². The minimum absolute atomic E-state index is 0.381. The maximum Gasteiger partial charge on any atom is 0.213 e. The summed E-state index contributed by atoms with van der Waals surface area (Å²) >= 11 is 0. The molecule has 0 atom stereocenters. The predicted octanol–water partition coefficient (Wildman–Crippen LogP) is -0.324. The van der Waals surface area contributed by atoms with Crippen LogP contribution in [0, 0.1) is 0 Å². The molecule has 0 spiro atoms. The summed E-state index contributed by atoms with van der Waals surface area (Å²) in [7, 11) is 0. The lowest BCUT2D eigenvalue weighted by Crippen LogP contribution is -2.45. The van der Waals surface area contributed by atoms with Gasteiger partial charge in [0.1, 0.15) is 0 Å². The summed E-state index contributed by atoms with van der Waals surface area (Å²) < 4.78 is 5.51. The van der Waals surface area contributed by atoms with Crippen LogP contribution >= 0.6 is 0 Å². The van der Waals surface area contributed by atoms with E-state index in [0.29, 0.717) is 12.1 Å². The zero-order chi connectivity index (χ0) is 9.68. The van der Waals surface area contributed by atoms with Crippen molar-refractivity contribution in [3.8, 4) is 0 Å². The van der Waals surface area contributed by atoms with Crippen LogP contribution in [0.25, 0.3) is 0 Å². The third-order valence-corrected chi connectivity index (χ3v) is 2.30. The third-order valence-electron chi connectivity index (χ3n) is 2.30. The summed E-state index contributed by atoms with van der Waals surface area (Å²) in [4.78, 5) is 1.98. The maximum absolute atomic E-state index is 5.58. The van der Waals surface area contributed by atoms with Gasteiger partial charge in [0, 0.05) is 19.7 Å². The molecule has 0 bridgehead atoms. The molecule has 76 valence electrons. The largest absolute Gasteiger partial charge is 0.378 e. The van der Waals surface area contributed by atoms with Crippen LogP contribution in [-0.4, -0.2) is 36.7 Å². The number of hydrazone groups is 1. The highest BCUT2D eigenvalue weighted by atomic mass is 16.5. The van der Waals surface area contributed by atoms with Gasteiger partial charge in [-0.1, -0.05) is 0 Å². The molecule has 0 aromatic heterocycles. The van der Waals surface area contributed by atoms with Gasteiger partial charge in [0.15, 0.2) is 0 Å². The summed E-state index contributed by atoms with van der Waals surface area (Å²) in [5, 5.41) is 3.46. The smallest absolute Gasteiger partial charge is 0.213 e. The van der Waals surface area contributed by atoms with Crippen LogP contribution in [0.5, 0.6) is 0 Å². The van der Waals surface area contributed by atoms with Crippen molar-refractivity contribution in [3.05, 3.63) is 0 Å². The van der Waals surface area contributed by atoms with Crippen LogP contribution < -0.4 is 11.6 Å². The van der Waals surface area contributed by atoms with E-state index in [-0.39, 0.29) is 0 Å². The topological polar surface area (TPSA) is 76.9 Å². The van der Waals surface area contributed by atoms with Gasteiger partial charge in [0.2, 0.25) is 5.96 Å². The molecular formula is C8H18N4O. The number of guanidine groups is 1. The van der Waals surface area contributed by atoms with Crippen molar-refractivity contribution < 1.29 is 4.74 Å². The molecule has 4 N–H and O–H groups in total. The van der Waals surface area contributed by atoms with E-state index in [9.17, 15) is 0 Å². The van der Waals surface area contributed by atoms with Gasteiger partial charge in [-0.2, -0.15) is 0 Å². The van der Waals surface area contributed by atoms with Crippen molar-refractivity contribution in [2.45, 2.75) is 25.9 Å². The number of likely N-dealkylation sites (tertiary alicyclic amines) is 1. The van der Waals surface area contributed by atoms with Crippen molar-refractivity contribution in [2.75, 3.05) is 19.7 Å². The van der Waals surface area contributed by atoms with E-state index in [2.05, 4.69) is 5.10 Å². The Bertz CT molecular complexity index is 175. The fourth-order valence-corrected chi connectivity index (χ4v) is 1.57. The summed E-state index contributed by atoms with van der Waals surface area (Å²) in [5.41, 5.74) is 5.58. The Morgan fingerprint density at radius 2 is 2.15 bits per heavy atom. The van der Waals surface area contributed by atoms with Crippen LogP contribution in [0.2, 0.25) is 0 Å². The van der Waals surface area contributed by atoms with E-state index in [1.165, 1.54) is 0 Å². The Balaban J connectivity index is 2.30. The van der Waals surface area contributed by atoms with Gasteiger partial charge in [-0.15, -0.1) is 5.10 Å². The van der Waals surface area contributed by atoms with Crippen molar-refractivity contribution in [3.63, 3.8) is 0 Å². The van der Waals surface area contributed by atoms with Crippen LogP contribution in [0.15, 0.2) is 5.10 Å². The first-order valence-corrected chi connectivity index (χ1v) is 4.67. The molecule has 1 rings (SSSR count). The molecule has 0 unspecified atom stereocenters. The Kier molecular flexibility index (Phi) is 3.82. The fraction of sp³-hybridized carbons (Fsp3) is 0.875. The Morgan fingerprint density at radius 3 is 2.62 bits per heavy atom. The van der Waals surface area contributed by atoms with Crippen molar-refractivity contribution >= 4 is 5.96 Å². The lowest BCUT2D eigenvalue weighted by atomic mass is 10.1. The number of nitrogens with zero attached hydrogens (tertiary/aromatic N) is 2. The molecule has 1 aliphatic heterocycles. The molecule has 0 radical (unpaired) electrons. The van der Waals surface area contributed by atoms with Crippen LogP contribution in [0.1, 0.15) is 19.8 Å². The fourth-order valence-electron chi connectivity index (χ4n) is 1.57. The summed E-state index contributed by atoms with van der Waals surface area (Å²) in [6.07, 6.45) is 2.39. The highest BCUT2D eigenvalue weighted by Crippen LogP contribution is 2.12. The predicted molar refractivity (Wildman–Crippen MR) is 52.0 cm³/mol. The second-order valence-electron chi connectivity index (χ2n) is 3.13. The van der Waals surface area contributed by atoms with E-state index in [0.717, 1.165) is 32.5 Å². The van der Waals surface area contributed by atoms with E-state index < -0.39 is 0 Å². The normalized spacial score (nSPS) is 20.7. The number of piperidine rings is 1. The molecule has 0 aromatic carbocycles. The first-order valence-electron chi connectivity index (χ1n) is 4.67. The van der Waals surface area contributed by atoms with Gasteiger partial charge in [0.25, 0.3) is 0 Å². The third kappa shape index (κ3) is 2.77. The van der Waals surface area contributed by atoms with Gasteiger partial charge >= 0.3 is 0 Å². The molecule has 5 nitrogen and oxygen atoms in total. The molecule has 13 heavy (non-hydrogen) atoms. The molecule has 0 aromatic rings. The molecule has 0 aliphatic carbocycles. The molecular weight excluding hydrogens is 168 g/mol. The van der Waals surface area contributed by atoms with Crippen molar-refractivity contribution in [1.82, 2.24) is 4.90 Å². The zero-order valence-corrected chi connectivity index (χ0v) is 8.07. The van der Waals surface area contributed by atoms with Gasteiger partial charge in [-0.25, -0.2) is 0 Å². The average molecular weight is 186 g/mol. The van der Waals surface area contributed by atoms with Crippen LogP contribution in [-0.2, 0) is 4.74 Å². The summed E-state index contributed by atoms with van der Waals surface area (Å²) in [6.45, 7) is 4.57. The van der Waals surface area contributed by atoms with Crippen molar-refractivity contribution in [1.29, 1.82) is 0 Å². The van der Waals surface area contributed by atoms with Gasteiger partial charge < -0.3 is 21.2 Å². The number of hydrogen-bond donors (Lipinski definition) is 2. The van der Waals surface area contributed by atoms with Gasteiger partial charge in [0.05, 0.1) is 6.10 Å². The quantitative estimate of drug-likeness (QED) is 0.268. The Morgan fingerprint density at radius 1 is 1.54 bits per heavy atom. The van der Waals surface area contributed by atoms with E-state index in [1.54, 1.807) is 0 Å². The zero-order valence-electron chi connectivity index (χ0n) is 8.07. The highest BCUT2D eigenvalue weighted by molar-refractivity contribution is 5.77. The minimum atomic E-state index is 0.381. The number of rotatable bonds is 2. The van der Waals surface area contributed by atoms with Gasteiger partial charge in [-0.05, 0) is 19.8 Å². The summed E-state index contributed by atoms with van der Waals surface area (Å²) in [5.74, 6) is 5.51. The number of ether oxygens (including phenoxy) is 1. The standard InChI is InChI=1S/C8H18N4O/c1-2-13-7-3-5-12(6-4-7)8(9)11-10/h7H,2-6,10H2,1H3,(H2,9,11). The van der Waals surface area contributed by atoms with Crippen LogP contribution in [0.4, 0.5) is 0 Å². The number of hydrogen-bond acceptors (Lipinski definition) is 3. The van der Waals surface area contributed by atoms with E-state index >= 15 is 0 Å². The Labute approximate surface area is 78.7 Å². The van der Waals surface area contributed by atoms with Crippen LogP contribution in [0.3, 0.4) is 0 Å². The lowest BCUT2D eigenvalue weighted by molar-refractivity contribution is 0.0267. The van der Waals surface area contributed by atoms with Crippen molar-refractivity contribution in [2.24, 2.45) is 16.7 Å². The second-order valence-corrected chi connectivity index (χ2v) is 3.13. The molecule has 0 saturated carbocycles. The first kappa shape index (κ1) is 10.1. The average Bonchev–Trinajstić information content (AvgIpc) is 2.18. The molecule has 1 aliphatic rings. The molecule has 1 fully saturated rings. The highest BCUT2D eigenvalue weighted by Gasteiger charge is 2.19. The first-order chi connectivity index (χ1) is 6.27. The maximum atomic E-state index is 5.58. The minimum Gasteiger partial charge on any atom is -0.378 e.